The zero-order valence-corrected chi connectivity index (χ0v) is 21.5. The molecule has 0 N–H and O–H groups in total. The summed E-state index contributed by atoms with van der Waals surface area (Å²) in [4.78, 5) is 1.28. The Morgan fingerprint density at radius 2 is 1.63 bits per heavy atom. The summed E-state index contributed by atoms with van der Waals surface area (Å²) < 4.78 is 121. The van der Waals surface area contributed by atoms with E-state index in [0.717, 1.165) is 0 Å². The van der Waals surface area contributed by atoms with Crippen molar-refractivity contribution >= 4 is 71.4 Å². The van der Waals surface area contributed by atoms with Crippen LogP contribution in [0.2, 0.25) is 10.0 Å². The first-order chi connectivity index (χ1) is 15.5. The molecule has 0 aliphatic rings. The minimum absolute atomic E-state index is 0.0139. The molecule has 10 nitrogen and oxygen atoms in total. The van der Waals surface area contributed by atoms with Crippen molar-refractivity contribution in [2.24, 2.45) is 4.99 Å². The number of benzene rings is 1. The number of sulfonamides is 2. The van der Waals surface area contributed by atoms with E-state index in [1.807, 2.05) is 0 Å². The highest BCUT2D eigenvalue weighted by Gasteiger charge is 2.65. The third-order valence-electron chi connectivity index (χ3n) is 3.79. The molecule has 0 aliphatic heterocycles. The molecular formula is C15H14Cl2F5N5O5S3. The van der Waals surface area contributed by atoms with Crippen LogP contribution in [0.25, 0.3) is 5.69 Å². The summed E-state index contributed by atoms with van der Waals surface area (Å²) in [6.45, 7) is 1.52. The predicted octanol–water partition coefficient (Wildman–Crippen LogP) is 5.13. The summed E-state index contributed by atoms with van der Waals surface area (Å²) >= 11 is 11.6. The van der Waals surface area contributed by atoms with Crippen molar-refractivity contribution in [1.82, 2.24) is 9.78 Å². The summed E-state index contributed by atoms with van der Waals surface area (Å²) in [5.74, 6) is -0.797. The lowest BCUT2D eigenvalue weighted by atomic mass is 10.3. The summed E-state index contributed by atoms with van der Waals surface area (Å²) in [7, 11) is -19.6. The van der Waals surface area contributed by atoms with Crippen LogP contribution < -0.4 is 3.71 Å². The molecule has 0 unspecified atom stereocenters. The maximum atomic E-state index is 13.3. The Labute approximate surface area is 206 Å². The minimum Gasteiger partial charge on any atom is -0.483 e. The van der Waals surface area contributed by atoms with Gasteiger partial charge in [-0.3, -0.25) is 0 Å². The zero-order chi connectivity index (χ0) is 27.3. The van der Waals surface area contributed by atoms with Gasteiger partial charge in [0, 0.05) is 0 Å². The maximum Gasteiger partial charge on any atom is 0.310 e. The van der Waals surface area contributed by atoms with E-state index in [0.29, 0.717) is 23.6 Å². The van der Waals surface area contributed by atoms with Gasteiger partial charge in [-0.25, -0.2) is 21.5 Å². The van der Waals surface area contributed by atoms with E-state index in [4.69, 9.17) is 27.9 Å². The monoisotopic (exact) mass is 605 g/mol. The smallest absolute Gasteiger partial charge is 0.310 e. The van der Waals surface area contributed by atoms with Crippen LogP contribution in [0.1, 0.15) is 12.6 Å². The van der Waals surface area contributed by atoms with E-state index in [2.05, 4.69) is 10.1 Å². The molecule has 0 radical (unpaired) electrons. The van der Waals surface area contributed by atoms with Gasteiger partial charge in [0.05, 0.1) is 29.2 Å². The topological polar surface area (TPSA) is 135 Å². The van der Waals surface area contributed by atoms with E-state index < -0.39 is 68.1 Å². The first-order valence-corrected chi connectivity index (χ1v) is 15.0. The van der Waals surface area contributed by atoms with Crippen LogP contribution in [0.4, 0.5) is 30.9 Å². The number of aromatic nitrogens is 2. The first-order valence-electron chi connectivity index (χ1n) is 8.64. The Bertz CT molecular complexity index is 1430. The highest BCUT2D eigenvalue weighted by Crippen LogP contribution is 3.02. The molecule has 0 fully saturated rings. The van der Waals surface area contributed by atoms with Crippen LogP contribution in [0.15, 0.2) is 22.0 Å². The van der Waals surface area contributed by atoms with Crippen LogP contribution in [-0.4, -0.2) is 52.1 Å². The lowest BCUT2D eigenvalue weighted by Crippen LogP contribution is -2.35. The number of anilines is 1. The van der Waals surface area contributed by atoms with Crippen molar-refractivity contribution in [1.29, 1.82) is 5.26 Å². The molecule has 0 atom stereocenters. The van der Waals surface area contributed by atoms with Gasteiger partial charge in [0.2, 0.25) is 20.0 Å². The van der Waals surface area contributed by atoms with E-state index in [-0.39, 0.29) is 22.5 Å². The second-order valence-electron chi connectivity index (χ2n) is 6.66. The Morgan fingerprint density at radius 1 is 1.14 bits per heavy atom. The van der Waals surface area contributed by atoms with Crippen molar-refractivity contribution in [2.75, 3.05) is 22.8 Å². The summed E-state index contributed by atoms with van der Waals surface area (Å²) in [5, 5.41) is 11.0. The summed E-state index contributed by atoms with van der Waals surface area (Å²) in [5.41, 5.74) is -2.59. The average molecular weight is 606 g/mol. The third-order valence-corrected chi connectivity index (χ3v) is 8.69. The van der Waals surface area contributed by atoms with Gasteiger partial charge in [-0.2, -0.15) is 19.1 Å². The number of hydrogen-bond acceptors (Lipinski definition) is 8. The molecule has 0 saturated heterocycles. The molecule has 35 heavy (non-hydrogen) atoms. The Balaban J connectivity index is 3.07. The van der Waals surface area contributed by atoms with Crippen molar-refractivity contribution in [3.63, 3.8) is 0 Å². The number of ether oxygens (including phenoxy) is 1. The number of nitriles is 1. The largest absolute Gasteiger partial charge is 0.483 e. The SMILES string of the molecule is CCO/C=N/c1c(N(S(C)(=O)=O)S(C)(=O)=O)c(C#N)nn1-c1c(Cl)cc(S(F)(F)(F)(F)F)cc1Cl. The van der Waals surface area contributed by atoms with Crippen molar-refractivity contribution < 1.29 is 41.0 Å². The molecule has 0 spiro atoms. The normalized spacial score (nSPS) is 14.9. The highest BCUT2D eigenvalue weighted by atomic mass is 35.5. The van der Waals surface area contributed by atoms with Crippen LogP contribution in [-0.2, 0) is 24.8 Å². The molecule has 0 amide bonds. The standard InChI is InChI=1S/C15H14Cl2F5N5O5S3/c1-4-32-8-24-15-14(27(33(2,28)29)34(3,30)31)12(7-23)25-26(15)13-10(16)5-9(6-11(13)17)35(18,19,20,21)22/h5-6,8H,4H2,1-3H3/b24-8+. The van der Waals surface area contributed by atoms with Gasteiger partial charge in [-0.15, -0.1) is 0 Å². The van der Waals surface area contributed by atoms with E-state index in [1.165, 1.54) is 13.0 Å². The van der Waals surface area contributed by atoms with E-state index >= 15 is 0 Å². The summed E-state index contributed by atoms with van der Waals surface area (Å²) in [6.07, 6.45) is 1.64. The number of hydrogen-bond donors (Lipinski definition) is 0. The molecule has 1 aromatic heterocycles. The number of halogens is 7. The van der Waals surface area contributed by atoms with E-state index in [9.17, 15) is 41.5 Å². The average Bonchev–Trinajstić information content (AvgIpc) is 2.95. The molecule has 1 heterocycles. The predicted molar refractivity (Wildman–Crippen MR) is 122 cm³/mol. The third kappa shape index (κ3) is 6.27. The van der Waals surface area contributed by atoms with Gasteiger partial charge in [-0.1, -0.05) is 42.6 Å². The van der Waals surface area contributed by atoms with Gasteiger partial charge >= 0.3 is 10.2 Å². The van der Waals surface area contributed by atoms with Gasteiger partial charge in [-0.05, 0) is 19.1 Å². The number of nitrogens with zero attached hydrogens (tertiary/aromatic N) is 5. The van der Waals surface area contributed by atoms with Gasteiger partial charge in [0.25, 0.3) is 0 Å². The van der Waals surface area contributed by atoms with Crippen LogP contribution in [0, 0.1) is 11.3 Å². The molecule has 20 heteroatoms. The molecule has 1 aromatic carbocycles. The molecular weight excluding hydrogens is 592 g/mol. The molecule has 2 rings (SSSR count). The van der Waals surface area contributed by atoms with Gasteiger partial charge in [0.15, 0.2) is 23.6 Å². The fourth-order valence-electron chi connectivity index (χ4n) is 2.62. The van der Waals surface area contributed by atoms with Crippen LogP contribution in [0.5, 0.6) is 0 Å². The van der Waals surface area contributed by atoms with Crippen LogP contribution >= 0.6 is 33.4 Å². The zero-order valence-electron chi connectivity index (χ0n) is 17.6. The Hall–Kier alpha value is -2.33. The van der Waals surface area contributed by atoms with Gasteiger partial charge < -0.3 is 4.74 Å². The fraction of sp³-hybridized carbons (Fsp3) is 0.267. The number of aliphatic imine (C=N–C) groups is 1. The van der Waals surface area contributed by atoms with Crippen molar-refractivity contribution in [2.45, 2.75) is 11.8 Å². The Morgan fingerprint density at radius 3 is 2.00 bits per heavy atom. The maximum absolute atomic E-state index is 13.3. The lowest BCUT2D eigenvalue weighted by molar-refractivity contribution is 0.343. The number of rotatable bonds is 8. The molecule has 2 aromatic rings. The molecule has 0 bridgehead atoms. The second-order valence-corrected chi connectivity index (χ2v) is 13.8. The first kappa shape index (κ1) is 28.9. The molecule has 0 aliphatic carbocycles. The second kappa shape index (κ2) is 8.37. The van der Waals surface area contributed by atoms with Crippen molar-refractivity contribution in [3.8, 4) is 11.8 Å². The van der Waals surface area contributed by atoms with Crippen molar-refractivity contribution in [3.05, 3.63) is 27.9 Å². The van der Waals surface area contributed by atoms with Crippen LogP contribution in [0.3, 0.4) is 0 Å². The summed E-state index contributed by atoms with van der Waals surface area (Å²) in [6, 6.07) is 1.12. The highest BCUT2D eigenvalue weighted by molar-refractivity contribution is 8.45. The Kier molecular flexibility index (Phi) is 6.91. The van der Waals surface area contributed by atoms with Gasteiger partial charge in [0.1, 0.15) is 16.7 Å². The molecule has 0 saturated carbocycles. The lowest BCUT2D eigenvalue weighted by Gasteiger charge is -2.40. The molecule has 196 valence electrons. The fourth-order valence-corrected chi connectivity index (χ4v) is 7.05. The van der Waals surface area contributed by atoms with E-state index in [1.54, 1.807) is 0 Å². The quantitative estimate of drug-likeness (QED) is 0.231. The minimum atomic E-state index is -10.2.